The molecule has 0 saturated heterocycles. The molecular formula is C20H42O4. The Morgan fingerprint density at radius 2 is 0.917 bits per heavy atom. The number of unbranched alkanes of at least 4 members (excludes halogenated alkanes) is 13. The van der Waals surface area contributed by atoms with Crippen molar-refractivity contribution in [1.29, 1.82) is 0 Å². The molecule has 0 radical (unpaired) electrons. The first-order valence-corrected chi connectivity index (χ1v) is 10.3. The maximum absolute atomic E-state index is 9.69. The summed E-state index contributed by atoms with van der Waals surface area (Å²) in [5.41, 5.74) is 0. The molecule has 0 saturated carbocycles. The Morgan fingerprint density at radius 3 is 1.29 bits per heavy atom. The van der Waals surface area contributed by atoms with Crippen LogP contribution < -0.4 is 0 Å². The van der Waals surface area contributed by atoms with E-state index in [2.05, 4.69) is 6.92 Å². The highest BCUT2D eigenvalue weighted by Gasteiger charge is 2.23. The van der Waals surface area contributed by atoms with Gasteiger partial charge in [0.05, 0.1) is 12.7 Å². The molecule has 0 aromatic heterocycles. The zero-order chi connectivity index (χ0) is 18.0. The van der Waals surface area contributed by atoms with E-state index in [4.69, 9.17) is 5.11 Å². The van der Waals surface area contributed by atoms with E-state index in [9.17, 15) is 15.3 Å². The Kier molecular flexibility index (Phi) is 17.5. The summed E-state index contributed by atoms with van der Waals surface area (Å²) >= 11 is 0. The molecule has 0 aliphatic rings. The second kappa shape index (κ2) is 17.7. The summed E-state index contributed by atoms with van der Waals surface area (Å²) in [4.78, 5) is 0. The lowest BCUT2D eigenvalue weighted by Gasteiger charge is -2.21. The van der Waals surface area contributed by atoms with E-state index in [1.807, 2.05) is 0 Å². The van der Waals surface area contributed by atoms with Crippen LogP contribution in [-0.2, 0) is 0 Å². The second-order valence-electron chi connectivity index (χ2n) is 7.19. The van der Waals surface area contributed by atoms with Crippen molar-refractivity contribution in [2.75, 3.05) is 6.61 Å². The van der Waals surface area contributed by atoms with Crippen LogP contribution in [0.2, 0.25) is 0 Å². The molecule has 0 aliphatic heterocycles. The minimum absolute atomic E-state index is 0.482. The van der Waals surface area contributed by atoms with Gasteiger partial charge < -0.3 is 20.4 Å². The van der Waals surface area contributed by atoms with E-state index in [0.29, 0.717) is 6.42 Å². The van der Waals surface area contributed by atoms with Gasteiger partial charge in [0.2, 0.25) is 0 Å². The number of aliphatic hydroxyl groups is 4. The van der Waals surface area contributed by atoms with Crippen molar-refractivity contribution in [2.45, 2.75) is 122 Å². The number of hydrogen-bond donors (Lipinski definition) is 4. The van der Waals surface area contributed by atoms with E-state index < -0.39 is 24.9 Å². The lowest BCUT2D eigenvalue weighted by molar-refractivity contribution is -0.0787. The Hall–Kier alpha value is -0.160. The van der Waals surface area contributed by atoms with Crippen LogP contribution in [0.15, 0.2) is 0 Å². The smallest absolute Gasteiger partial charge is 0.108 e. The highest BCUT2D eigenvalue weighted by atomic mass is 16.4. The summed E-state index contributed by atoms with van der Waals surface area (Å²) in [5, 5.41) is 37.2. The predicted octanol–water partition coefficient (Wildman–Crippen LogP) is 3.93. The van der Waals surface area contributed by atoms with Crippen LogP contribution in [0, 0.1) is 0 Å². The van der Waals surface area contributed by atoms with Crippen molar-refractivity contribution >= 4 is 0 Å². The molecule has 0 aromatic carbocycles. The summed E-state index contributed by atoms with van der Waals surface area (Å²) in [6.45, 7) is 1.74. The summed E-state index contributed by atoms with van der Waals surface area (Å²) < 4.78 is 0. The predicted molar refractivity (Wildman–Crippen MR) is 100 cm³/mol. The van der Waals surface area contributed by atoms with Crippen LogP contribution in [-0.4, -0.2) is 45.3 Å². The third-order valence-electron chi connectivity index (χ3n) is 4.83. The summed E-state index contributed by atoms with van der Waals surface area (Å²) in [6, 6.07) is 0. The molecule has 0 aromatic rings. The van der Waals surface area contributed by atoms with Gasteiger partial charge in [0.15, 0.2) is 0 Å². The molecule has 0 fully saturated rings. The first-order valence-electron chi connectivity index (χ1n) is 10.3. The van der Waals surface area contributed by atoms with Crippen molar-refractivity contribution in [3.05, 3.63) is 0 Å². The van der Waals surface area contributed by atoms with Gasteiger partial charge in [0.25, 0.3) is 0 Å². The topological polar surface area (TPSA) is 80.9 Å². The van der Waals surface area contributed by atoms with E-state index in [1.54, 1.807) is 0 Å². The largest absolute Gasteiger partial charge is 0.394 e. The molecule has 0 spiro atoms. The van der Waals surface area contributed by atoms with Gasteiger partial charge in [-0.05, 0) is 6.42 Å². The highest BCUT2D eigenvalue weighted by molar-refractivity contribution is 4.74. The molecule has 4 nitrogen and oxygen atoms in total. The Morgan fingerprint density at radius 1 is 0.542 bits per heavy atom. The Bertz CT molecular complexity index is 248. The van der Waals surface area contributed by atoms with Crippen molar-refractivity contribution in [3.8, 4) is 0 Å². The average Bonchev–Trinajstić information content (AvgIpc) is 2.60. The first kappa shape index (κ1) is 23.8. The minimum Gasteiger partial charge on any atom is -0.394 e. The lowest BCUT2D eigenvalue weighted by Crippen LogP contribution is -2.39. The molecular weight excluding hydrogens is 304 g/mol. The van der Waals surface area contributed by atoms with E-state index in [1.165, 1.54) is 77.0 Å². The summed E-state index contributed by atoms with van der Waals surface area (Å²) in [6.07, 6.45) is 15.1. The molecule has 0 unspecified atom stereocenters. The number of rotatable bonds is 18. The Labute approximate surface area is 149 Å². The monoisotopic (exact) mass is 346 g/mol. The van der Waals surface area contributed by atoms with Crippen molar-refractivity contribution < 1.29 is 20.4 Å². The SMILES string of the molecule is CCCCCCCCCCCCCCCC[C@@H](O)[C@H](O)[C@@H](O)CO. The average molecular weight is 347 g/mol. The van der Waals surface area contributed by atoms with Gasteiger partial charge in [-0.1, -0.05) is 96.8 Å². The normalized spacial score (nSPS) is 15.4. The molecule has 146 valence electrons. The molecule has 0 heterocycles. The molecule has 0 bridgehead atoms. The molecule has 4 N–H and O–H groups in total. The molecule has 3 atom stereocenters. The minimum atomic E-state index is -1.24. The van der Waals surface area contributed by atoms with E-state index >= 15 is 0 Å². The number of hydrogen-bond acceptors (Lipinski definition) is 4. The maximum Gasteiger partial charge on any atom is 0.108 e. The summed E-state index contributed by atoms with van der Waals surface area (Å²) in [7, 11) is 0. The quantitative estimate of drug-likeness (QED) is 0.283. The van der Waals surface area contributed by atoms with Crippen LogP contribution >= 0.6 is 0 Å². The third kappa shape index (κ3) is 14.2. The third-order valence-corrected chi connectivity index (χ3v) is 4.83. The fraction of sp³-hybridized carbons (Fsp3) is 1.00. The molecule has 0 amide bonds. The van der Waals surface area contributed by atoms with Gasteiger partial charge in [-0.15, -0.1) is 0 Å². The molecule has 0 aliphatic carbocycles. The standard InChI is InChI=1S/C20H42O4/c1-2-3-4-5-6-7-8-9-10-11-12-13-14-15-16-18(22)20(24)19(23)17-21/h18-24H,2-17H2,1H3/t18-,19+,20+/m1/s1. The van der Waals surface area contributed by atoms with Crippen molar-refractivity contribution in [2.24, 2.45) is 0 Å². The van der Waals surface area contributed by atoms with Gasteiger partial charge >= 0.3 is 0 Å². The zero-order valence-electron chi connectivity index (χ0n) is 15.8. The van der Waals surface area contributed by atoms with Crippen LogP contribution in [0.3, 0.4) is 0 Å². The van der Waals surface area contributed by atoms with Crippen molar-refractivity contribution in [1.82, 2.24) is 0 Å². The fourth-order valence-corrected chi connectivity index (χ4v) is 3.08. The Balaban J connectivity index is 3.23. The van der Waals surface area contributed by atoms with Gasteiger partial charge in [-0.25, -0.2) is 0 Å². The molecule has 0 rings (SSSR count). The van der Waals surface area contributed by atoms with E-state index in [0.717, 1.165) is 12.8 Å². The summed E-state index contributed by atoms with van der Waals surface area (Å²) in [5.74, 6) is 0. The van der Waals surface area contributed by atoms with Gasteiger partial charge in [-0.3, -0.25) is 0 Å². The fourth-order valence-electron chi connectivity index (χ4n) is 3.08. The van der Waals surface area contributed by atoms with Crippen LogP contribution in [0.4, 0.5) is 0 Å². The van der Waals surface area contributed by atoms with Crippen LogP contribution in [0.25, 0.3) is 0 Å². The van der Waals surface area contributed by atoms with Gasteiger partial charge in [0, 0.05) is 0 Å². The van der Waals surface area contributed by atoms with Gasteiger partial charge in [-0.2, -0.15) is 0 Å². The zero-order valence-corrected chi connectivity index (χ0v) is 15.8. The highest BCUT2D eigenvalue weighted by Crippen LogP contribution is 2.14. The van der Waals surface area contributed by atoms with Crippen LogP contribution in [0.5, 0.6) is 0 Å². The second-order valence-corrected chi connectivity index (χ2v) is 7.19. The number of aliphatic hydroxyl groups excluding tert-OH is 4. The van der Waals surface area contributed by atoms with E-state index in [-0.39, 0.29) is 0 Å². The lowest BCUT2D eigenvalue weighted by atomic mass is 10.0. The van der Waals surface area contributed by atoms with Crippen molar-refractivity contribution in [3.63, 3.8) is 0 Å². The molecule has 4 heteroatoms. The van der Waals surface area contributed by atoms with Gasteiger partial charge in [0.1, 0.15) is 12.2 Å². The molecule has 24 heavy (non-hydrogen) atoms. The first-order chi connectivity index (χ1) is 11.6. The maximum atomic E-state index is 9.69. The van der Waals surface area contributed by atoms with Crippen LogP contribution in [0.1, 0.15) is 103 Å².